The van der Waals surface area contributed by atoms with Crippen molar-refractivity contribution in [3.8, 4) is 23.1 Å². The highest BCUT2D eigenvalue weighted by Crippen LogP contribution is 2.26. The number of aryl methyl sites for hydroxylation is 1. The van der Waals surface area contributed by atoms with Gasteiger partial charge in [0.1, 0.15) is 11.6 Å². The number of carbonyl (C=O) groups excluding carboxylic acids is 1. The smallest absolute Gasteiger partial charge is 0.253 e. The molecule has 1 aromatic carbocycles. The van der Waals surface area contributed by atoms with Gasteiger partial charge in [0.25, 0.3) is 5.91 Å². The minimum absolute atomic E-state index is 0.0353. The van der Waals surface area contributed by atoms with E-state index in [1.54, 1.807) is 36.2 Å². The summed E-state index contributed by atoms with van der Waals surface area (Å²) < 4.78 is 14.5. The molecule has 0 aliphatic carbocycles. The van der Waals surface area contributed by atoms with Gasteiger partial charge in [-0.15, -0.1) is 0 Å². The van der Waals surface area contributed by atoms with E-state index in [4.69, 9.17) is 11.5 Å². The van der Waals surface area contributed by atoms with Gasteiger partial charge in [0.05, 0.1) is 17.0 Å². The topological polar surface area (TPSA) is 111 Å². The van der Waals surface area contributed by atoms with Gasteiger partial charge in [-0.1, -0.05) is 11.8 Å². The maximum Gasteiger partial charge on any atom is 0.253 e. The lowest BCUT2D eigenvalue weighted by molar-refractivity contribution is 0.0772. The van der Waals surface area contributed by atoms with Crippen LogP contribution in [0.25, 0.3) is 11.3 Å². The first-order chi connectivity index (χ1) is 14.8. The van der Waals surface area contributed by atoms with Crippen molar-refractivity contribution in [1.29, 1.82) is 0 Å². The summed E-state index contributed by atoms with van der Waals surface area (Å²) in [6.07, 6.45) is 1.55. The molecule has 0 fully saturated rings. The molecule has 0 aliphatic heterocycles. The monoisotopic (exact) mass is 418 g/mol. The summed E-state index contributed by atoms with van der Waals surface area (Å²) in [7, 11) is 0. The first kappa shape index (κ1) is 21.7. The van der Waals surface area contributed by atoms with Crippen molar-refractivity contribution in [3.63, 3.8) is 0 Å². The lowest BCUT2D eigenvalue weighted by Crippen LogP contribution is -2.30. The highest BCUT2D eigenvalue weighted by molar-refractivity contribution is 5.95. The molecule has 0 atom stereocenters. The van der Waals surface area contributed by atoms with Gasteiger partial charge in [0.15, 0.2) is 0 Å². The zero-order chi connectivity index (χ0) is 22.5. The number of hydrogen-bond donors (Lipinski definition) is 2. The summed E-state index contributed by atoms with van der Waals surface area (Å²) in [6, 6.07) is 7.50. The Morgan fingerprint density at radius 2 is 1.84 bits per heavy atom. The van der Waals surface area contributed by atoms with Gasteiger partial charge < -0.3 is 16.4 Å². The molecule has 7 nitrogen and oxygen atoms in total. The summed E-state index contributed by atoms with van der Waals surface area (Å²) in [5.41, 5.74) is 14.1. The van der Waals surface area contributed by atoms with Crippen LogP contribution in [0.15, 0.2) is 36.5 Å². The predicted octanol–water partition coefficient (Wildman–Crippen LogP) is 3.03. The van der Waals surface area contributed by atoms with Crippen LogP contribution in [-0.4, -0.2) is 38.8 Å². The van der Waals surface area contributed by atoms with Gasteiger partial charge in [-0.25, -0.2) is 19.3 Å². The number of carbonyl (C=O) groups is 1. The van der Waals surface area contributed by atoms with Gasteiger partial charge in [-0.2, -0.15) is 0 Å². The van der Waals surface area contributed by atoms with Crippen LogP contribution < -0.4 is 11.5 Å². The minimum atomic E-state index is -0.551. The van der Waals surface area contributed by atoms with Crippen LogP contribution in [0.5, 0.6) is 0 Å². The number of nitrogens with zero attached hydrogens (tertiary/aromatic N) is 4. The number of anilines is 2. The van der Waals surface area contributed by atoms with Gasteiger partial charge >= 0.3 is 0 Å². The van der Waals surface area contributed by atoms with E-state index in [0.717, 1.165) is 0 Å². The second kappa shape index (κ2) is 9.22. The SMILES string of the molecule is CCN(CC)C(=O)c1cc(F)cc(-c2nc(N)nc(C)c2C#Cc2ccc(N)nc2)c1. The van der Waals surface area contributed by atoms with Crippen LogP contribution in [0.3, 0.4) is 0 Å². The Morgan fingerprint density at radius 1 is 1.10 bits per heavy atom. The minimum Gasteiger partial charge on any atom is -0.384 e. The Hall–Kier alpha value is -3.99. The van der Waals surface area contributed by atoms with Crippen LogP contribution in [0.1, 0.15) is 41.0 Å². The first-order valence-corrected chi connectivity index (χ1v) is 9.80. The van der Waals surface area contributed by atoms with Crippen molar-refractivity contribution in [1.82, 2.24) is 19.9 Å². The van der Waals surface area contributed by atoms with E-state index in [9.17, 15) is 9.18 Å². The number of halogens is 1. The number of hydrogen-bond acceptors (Lipinski definition) is 6. The molecule has 31 heavy (non-hydrogen) atoms. The van der Waals surface area contributed by atoms with Gasteiger partial charge in [-0.3, -0.25) is 4.79 Å². The van der Waals surface area contributed by atoms with Crippen molar-refractivity contribution in [3.05, 3.63) is 64.7 Å². The maximum atomic E-state index is 14.5. The summed E-state index contributed by atoms with van der Waals surface area (Å²) in [5, 5.41) is 0. The van der Waals surface area contributed by atoms with E-state index in [2.05, 4.69) is 26.8 Å². The molecule has 0 radical (unpaired) electrons. The molecule has 8 heteroatoms. The summed E-state index contributed by atoms with van der Waals surface area (Å²) >= 11 is 0. The number of nitrogens with two attached hydrogens (primary N) is 2. The second-order valence-electron chi connectivity index (χ2n) is 6.82. The van der Waals surface area contributed by atoms with E-state index < -0.39 is 5.82 Å². The normalized spacial score (nSPS) is 10.3. The first-order valence-electron chi connectivity index (χ1n) is 9.80. The van der Waals surface area contributed by atoms with Crippen LogP contribution >= 0.6 is 0 Å². The molecule has 158 valence electrons. The van der Waals surface area contributed by atoms with Crippen LogP contribution in [0, 0.1) is 24.6 Å². The maximum absolute atomic E-state index is 14.5. The van der Waals surface area contributed by atoms with Crippen molar-refractivity contribution in [2.75, 3.05) is 24.6 Å². The number of aromatic nitrogens is 3. The van der Waals surface area contributed by atoms with E-state index in [1.807, 2.05) is 13.8 Å². The van der Waals surface area contributed by atoms with Crippen molar-refractivity contribution in [2.45, 2.75) is 20.8 Å². The molecule has 3 rings (SSSR count). The molecule has 3 aromatic rings. The lowest BCUT2D eigenvalue weighted by atomic mass is 10.0. The average Bonchev–Trinajstić information content (AvgIpc) is 2.74. The number of amides is 1. The summed E-state index contributed by atoms with van der Waals surface area (Å²) in [5.74, 6) is 5.63. The van der Waals surface area contributed by atoms with Crippen molar-refractivity contribution >= 4 is 17.7 Å². The Morgan fingerprint density at radius 3 is 2.48 bits per heavy atom. The fraction of sp³-hybridized carbons (Fsp3) is 0.217. The second-order valence-corrected chi connectivity index (χ2v) is 6.82. The molecule has 0 bridgehead atoms. The Kier molecular flexibility index (Phi) is 6.46. The quantitative estimate of drug-likeness (QED) is 0.630. The number of nitrogen functional groups attached to an aromatic ring is 2. The van der Waals surface area contributed by atoms with Crippen LogP contribution in [0.4, 0.5) is 16.2 Å². The third-order valence-corrected chi connectivity index (χ3v) is 4.69. The fourth-order valence-corrected chi connectivity index (χ4v) is 3.11. The van der Waals surface area contributed by atoms with Crippen molar-refractivity contribution < 1.29 is 9.18 Å². The van der Waals surface area contributed by atoms with E-state index in [1.165, 1.54) is 12.1 Å². The highest BCUT2D eigenvalue weighted by atomic mass is 19.1. The molecule has 0 saturated heterocycles. The number of benzene rings is 1. The third-order valence-electron chi connectivity index (χ3n) is 4.69. The summed E-state index contributed by atoms with van der Waals surface area (Å²) in [6.45, 7) is 6.53. The molecule has 0 unspecified atom stereocenters. The predicted molar refractivity (Wildman–Crippen MR) is 118 cm³/mol. The zero-order valence-electron chi connectivity index (χ0n) is 17.6. The summed E-state index contributed by atoms with van der Waals surface area (Å²) in [4.78, 5) is 26.9. The van der Waals surface area contributed by atoms with Gasteiger partial charge in [0.2, 0.25) is 5.95 Å². The number of pyridine rings is 1. The van der Waals surface area contributed by atoms with Crippen LogP contribution in [0.2, 0.25) is 0 Å². The third kappa shape index (κ3) is 4.95. The Labute approximate surface area is 180 Å². The van der Waals surface area contributed by atoms with E-state index in [0.29, 0.717) is 47.0 Å². The molecular weight excluding hydrogens is 395 g/mol. The van der Waals surface area contributed by atoms with Crippen molar-refractivity contribution in [2.24, 2.45) is 0 Å². The van der Waals surface area contributed by atoms with Gasteiger partial charge in [-0.05, 0) is 51.1 Å². The molecule has 0 aliphatic rings. The van der Waals surface area contributed by atoms with Gasteiger partial charge in [0, 0.05) is 36.0 Å². The van der Waals surface area contributed by atoms with Crippen LogP contribution in [-0.2, 0) is 0 Å². The average molecular weight is 418 g/mol. The molecule has 0 saturated carbocycles. The molecule has 0 spiro atoms. The molecule has 2 aromatic heterocycles. The highest BCUT2D eigenvalue weighted by Gasteiger charge is 2.18. The van der Waals surface area contributed by atoms with E-state index >= 15 is 0 Å². The number of rotatable bonds is 4. The Bertz CT molecular complexity index is 1180. The van der Waals surface area contributed by atoms with E-state index in [-0.39, 0.29) is 17.4 Å². The molecule has 4 N–H and O–H groups in total. The standard InChI is InChI=1S/C23H23FN6O/c1-4-30(5-2)22(31)17-10-16(11-18(24)12-17)21-19(14(3)28-23(26)29-21)8-6-15-7-9-20(25)27-13-15/h7,9-13H,4-5H2,1-3H3,(H2,25,27)(H2,26,28,29). The largest absolute Gasteiger partial charge is 0.384 e. The lowest BCUT2D eigenvalue weighted by Gasteiger charge is -2.19. The fourth-order valence-electron chi connectivity index (χ4n) is 3.11. The zero-order valence-corrected chi connectivity index (χ0v) is 17.6. The molecule has 2 heterocycles. The molecule has 1 amide bonds. The molecular formula is C23H23FN6O. The Balaban J connectivity index is 2.13.